The lowest BCUT2D eigenvalue weighted by molar-refractivity contribution is -0.115. The fourth-order valence-electron chi connectivity index (χ4n) is 3.65. The summed E-state index contributed by atoms with van der Waals surface area (Å²) in [6.07, 6.45) is 5.26. The highest BCUT2D eigenvalue weighted by Crippen LogP contribution is 2.25. The summed E-state index contributed by atoms with van der Waals surface area (Å²) in [5.74, 6) is 1.27. The lowest BCUT2D eigenvalue weighted by Gasteiger charge is -2.26. The van der Waals surface area contributed by atoms with Gasteiger partial charge in [-0.05, 0) is 50.6 Å². The number of nitrogens with one attached hydrogen (secondary N) is 1. The van der Waals surface area contributed by atoms with E-state index in [2.05, 4.69) is 42.1 Å². The molecule has 0 aliphatic carbocycles. The quantitative estimate of drug-likeness (QED) is 0.489. The van der Waals surface area contributed by atoms with Gasteiger partial charge in [-0.15, -0.1) is 10.2 Å². The normalized spacial score (nSPS) is 15.4. The van der Waals surface area contributed by atoms with E-state index in [-0.39, 0.29) is 11.2 Å². The third-order valence-corrected chi connectivity index (χ3v) is 6.72. The van der Waals surface area contributed by atoms with Crippen LogP contribution in [0.5, 0.6) is 0 Å². The second-order valence-electron chi connectivity index (χ2n) is 7.92. The van der Waals surface area contributed by atoms with Gasteiger partial charge in [0.2, 0.25) is 5.91 Å². The van der Waals surface area contributed by atoms with Crippen LogP contribution in [0.25, 0.3) is 0 Å². The summed E-state index contributed by atoms with van der Waals surface area (Å²) in [5.41, 5.74) is 1.18. The van der Waals surface area contributed by atoms with E-state index in [9.17, 15) is 4.79 Å². The Labute approximate surface area is 197 Å². The van der Waals surface area contributed by atoms with Crippen LogP contribution >= 0.6 is 23.4 Å². The largest absolute Gasteiger partial charge is 0.310 e. The number of anilines is 1. The summed E-state index contributed by atoms with van der Waals surface area (Å²) < 4.78 is 2.14. The molecule has 1 fully saturated rings. The van der Waals surface area contributed by atoms with E-state index >= 15 is 0 Å². The monoisotopic (exact) mass is 470 g/mol. The summed E-state index contributed by atoms with van der Waals surface area (Å²) in [5, 5.41) is 12.7. The lowest BCUT2D eigenvalue weighted by Crippen LogP contribution is -2.30. The van der Waals surface area contributed by atoms with Gasteiger partial charge in [-0.25, -0.2) is 4.98 Å². The zero-order chi connectivity index (χ0) is 22.3. The fraction of sp³-hybridized carbons (Fsp3) is 0.391. The maximum Gasteiger partial charge on any atom is 0.238 e. The molecule has 1 atom stereocenters. The predicted octanol–water partition coefficient (Wildman–Crippen LogP) is 4.48. The van der Waals surface area contributed by atoms with Crippen LogP contribution in [-0.4, -0.2) is 48.9 Å². The molecule has 0 saturated carbocycles. The van der Waals surface area contributed by atoms with Crippen LogP contribution < -0.4 is 5.32 Å². The molecule has 7 nitrogen and oxygen atoms in total. The number of piperidine rings is 1. The number of rotatable bonds is 8. The number of aromatic nitrogens is 4. The minimum Gasteiger partial charge on any atom is -0.310 e. The number of amides is 1. The van der Waals surface area contributed by atoms with Crippen molar-refractivity contribution in [1.82, 2.24) is 24.6 Å². The van der Waals surface area contributed by atoms with Crippen molar-refractivity contribution in [2.75, 3.05) is 18.4 Å². The Kier molecular flexibility index (Phi) is 7.78. The average Bonchev–Trinajstić information content (AvgIpc) is 3.17. The van der Waals surface area contributed by atoms with Gasteiger partial charge in [-0.3, -0.25) is 9.69 Å². The molecule has 1 aliphatic heterocycles. The van der Waals surface area contributed by atoms with Crippen molar-refractivity contribution < 1.29 is 4.79 Å². The molecule has 32 heavy (non-hydrogen) atoms. The maximum atomic E-state index is 12.7. The van der Waals surface area contributed by atoms with E-state index in [1.165, 1.54) is 42.8 Å². The first-order chi connectivity index (χ1) is 15.6. The summed E-state index contributed by atoms with van der Waals surface area (Å²) in [4.78, 5) is 19.3. The number of hydrogen-bond acceptors (Lipinski definition) is 6. The first kappa shape index (κ1) is 22.8. The molecule has 2 aromatic heterocycles. The van der Waals surface area contributed by atoms with Crippen molar-refractivity contribution >= 4 is 35.1 Å². The Morgan fingerprint density at radius 3 is 2.59 bits per heavy atom. The Hall–Kier alpha value is -2.42. The van der Waals surface area contributed by atoms with Crippen LogP contribution in [0.2, 0.25) is 5.02 Å². The number of likely N-dealkylation sites (tertiary alicyclic amines) is 1. The maximum absolute atomic E-state index is 12.7. The van der Waals surface area contributed by atoms with Crippen LogP contribution in [0.1, 0.15) is 37.6 Å². The van der Waals surface area contributed by atoms with E-state index in [1.54, 1.807) is 12.1 Å². The molecule has 3 aromatic rings. The van der Waals surface area contributed by atoms with Crippen molar-refractivity contribution in [2.45, 2.75) is 49.7 Å². The SMILES string of the molecule is C[C@@H](Sc1nnc(CN2CCCCC2)n1Cc1ccccc1)C(=O)Nc1ccc(Cl)cn1. The number of benzene rings is 1. The second kappa shape index (κ2) is 10.9. The number of thioether (sulfide) groups is 1. The van der Waals surface area contributed by atoms with Crippen LogP contribution in [0, 0.1) is 0 Å². The Balaban J connectivity index is 1.49. The molecular formula is C23H27ClN6OS. The molecule has 9 heteroatoms. The van der Waals surface area contributed by atoms with E-state index < -0.39 is 0 Å². The smallest absolute Gasteiger partial charge is 0.238 e. The van der Waals surface area contributed by atoms with Gasteiger partial charge in [0.25, 0.3) is 0 Å². The van der Waals surface area contributed by atoms with Gasteiger partial charge < -0.3 is 9.88 Å². The minimum atomic E-state index is -0.367. The summed E-state index contributed by atoms with van der Waals surface area (Å²) in [6.45, 7) is 5.49. The number of nitrogens with zero attached hydrogens (tertiary/aromatic N) is 5. The molecule has 1 aromatic carbocycles. The topological polar surface area (TPSA) is 75.9 Å². The number of carbonyl (C=O) groups excluding carboxylic acids is 1. The second-order valence-corrected chi connectivity index (χ2v) is 9.66. The molecule has 1 amide bonds. The van der Waals surface area contributed by atoms with Crippen LogP contribution in [0.3, 0.4) is 0 Å². The number of halogens is 1. The first-order valence-corrected chi connectivity index (χ1v) is 12.1. The lowest BCUT2D eigenvalue weighted by atomic mass is 10.1. The Morgan fingerprint density at radius 2 is 1.88 bits per heavy atom. The third-order valence-electron chi connectivity index (χ3n) is 5.42. The molecule has 0 unspecified atom stereocenters. The molecule has 0 bridgehead atoms. The molecule has 0 spiro atoms. The highest BCUT2D eigenvalue weighted by Gasteiger charge is 2.22. The molecule has 1 N–H and O–H groups in total. The number of carbonyl (C=O) groups is 1. The molecule has 1 saturated heterocycles. The Morgan fingerprint density at radius 1 is 1.09 bits per heavy atom. The van der Waals surface area contributed by atoms with E-state index in [1.807, 2.05) is 25.1 Å². The zero-order valence-electron chi connectivity index (χ0n) is 18.1. The summed E-state index contributed by atoms with van der Waals surface area (Å²) in [7, 11) is 0. The van der Waals surface area contributed by atoms with Crippen molar-refractivity contribution in [1.29, 1.82) is 0 Å². The standard InChI is InChI=1S/C23H27ClN6OS/c1-17(22(31)26-20-11-10-19(24)14-25-20)32-23-28-27-21(16-29-12-6-3-7-13-29)30(23)15-18-8-4-2-5-9-18/h2,4-5,8-11,14,17H,3,6-7,12-13,15-16H2,1H3,(H,25,26,31)/t17-/m1/s1. The van der Waals surface area contributed by atoms with Gasteiger partial charge in [0.05, 0.1) is 23.4 Å². The fourth-order valence-corrected chi connectivity index (χ4v) is 4.63. The highest BCUT2D eigenvalue weighted by atomic mass is 35.5. The highest BCUT2D eigenvalue weighted by molar-refractivity contribution is 8.00. The Bertz CT molecular complexity index is 1020. The molecule has 0 radical (unpaired) electrons. The van der Waals surface area contributed by atoms with E-state index in [0.29, 0.717) is 17.4 Å². The first-order valence-electron chi connectivity index (χ1n) is 10.9. The van der Waals surface area contributed by atoms with Gasteiger partial charge in [0.15, 0.2) is 5.16 Å². The molecule has 4 rings (SSSR count). The average molecular weight is 471 g/mol. The van der Waals surface area contributed by atoms with E-state index in [4.69, 9.17) is 11.6 Å². The van der Waals surface area contributed by atoms with Gasteiger partial charge in [-0.2, -0.15) is 0 Å². The van der Waals surface area contributed by atoms with E-state index in [0.717, 1.165) is 30.6 Å². The van der Waals surface area contributed by atoms with Crippen LogP contribution in [-0.2, 0) is 17.9 Å². The van der Waals surface area contributed by atoms with Crippen LogP contribution in [0.4, 0.5) is 5.82 Å². The van der Waals surface area contributed by atoms with Crippen molar-refractivity contribution in [3.63, 3.8) is 0 Å². The number of pyridine rings is 1. The van der Waals surface area contributed by atoms with Gasteiger partial charge in [0.1, 0.15) is 11.6 Å². The van der Waals surface area contributed by atoms with Gasteiger partial charge in [0, 0.05) is 6.20 Å². The van der Waals surface area contributed by atoms with Crippen molar-refractivity contribution in [3.05, 3.63) is 65.1 Å². The van der Waals surface area contributed by atoms with Crippen molar-refractivity contribution in [2.24, 2.45) is 0 Å². The minimum absolute atomic E-state index is 0.142. The molecule has 168 valence electrons. The van der Waals surface area contributed by atoms with Gasteiger partial charge >= 0.3 is 0 Å². The predicted molar refractivity (Wildman–Crippen MR) is 128 cm³/mol. The third kappa shape index (κ3) is 6.09. The molecule has 3 heterocycles. The molecule has 1 aliphatic rings. The summed E-state index contributed by atoms with van der Waals surface area (Å²) in [6, 6.07) is 13.7. The zero-order valence-corrected chi connectivity index (χ0v) is 19.6. The van der Waals surface area contributed by atoms with Crippen molar-refractivity contribution in [3.8, 4) is 0 Å². The van der Waals surface area contributed by atoms with Gasteiger partial charge in [-0.1, -0.05) is 60.1 Å². The number of hydrogen-bond donors (Lipinski definition) is 1. The summed E-state index contributed by atoms with van der Waals surface area (Å²) >= 11 is 7.28. The van der Waals surface area contributed by atoms with Crippen LogP contribution in [0.15, 0.2) is 53.8 Å². The molecular weight excluding hydrogens is 444 g/mol.